The number of hydrogen-bond donors (Lipinski definition) is 0. The Bertz CT molecular complexity index is 2740. The van der Waals surface area contributed by atoms with Crippen LogP contribution in [0.1, 0.15) is 0 Å². The van der Waals surface area contributed by atoms with E-state index >= 15 is 0 Å². The number of thiophene rings is 1. The molecular weight excluding hydrogens is 577 g/mol. The van der Waals surface area contributed by atoms with Crippen LogP contribution in [0.5, 0.6) is 0 Å². The average molecular weight is 603 g/mol. The molecule has 0 unspecified atom stereocenters. The first-order valence-electron chi connectivity index (χ1n) is 15.7. The molecule has 0 saturated carbocycles. The van der Waals surface area contributed by atoms with E-state index in [1.807, 2.05) is 17.4 Å². The molecule has 0 N–H and O–H groups in total. The van der Waals surface area contributed by atoms with Crippen LogP contribution < -0.4 is 0 Å². The molecule has 0 radical (unpaired) electrons. The quantitative estimate of drug-likeness (QED) is 0.183. The molecule has 214 valence electrons. The summed E-state index contributed by atoms with van der Waals surface area (Å²) < 4.78 is 7.72. The van der Waals surface area contributed by atoms with E-state index in [1.54, 1.807) is 0 Å². The maximum absolute atomic E-state index is 6.46. The van der Waals surface area contributed by atoms with E-state index in [0.717, 1.165) is 21.9 Å². The van der Waals surface area contributed by atoms with Crippen LogP contribution >= 0.6 is 11.3 Å². The number of hydrogen-bond acceptors (Lipinski definition) is 2. The highest BCUT2D eigenvalue weighted by molar-refractivity contribution is 7.23. The summed E-state index contributed by atoms with van der Waals surface area (Å²) in [5.74, 6) is 0. The number of rotatable bonds is 3. The van der Waals surface area contributed by atoms with Gasteiger partial charge in [-0.2, -0.15) is 0 Å². The van der Waals surface area contributed by atoms with Crippen LogP contribution in [-0.2, 0) is 0 Å². The Morgan fingerprint density at radius 3 is 1.70 bits per heavy atom. The van der Waals surface area contributed by atoms with E-state index in [-0.39, 0.29) is 0 Å². The predicted octanol–water partition coefficient (Wildman–Crippen LogP) is 13.3. The summed E-state index contributed by atoms with van der Waals surface area (Å²) >= 11 is 1.88. The van der Waals surface area contributed by atoms with Crippen molar-refractivity contribution in [3.05, 3.63) is 158 Å². The zero-order valence-electron chi connectivity index (χ0n) is 24.8. The fourth-order valence-corrected chi connectivity index (χ4v) is 8.64. The molecular formula is C44H26OS. The van der Waals surface area contributed by atoms with Gasteiger partial charge in [0.05, 0.1) is 0 Å². The van der Waals surface area contributed by atoms with Crippen molar-refractivity contribution in [3.8, 4) is 32.7 Å². The zero-order chi connectivity index (χ0) is 30.2. The van der Waals surface area contributed by atoms with Gasteiger partial charge in [0.1, 0.15) is 11.2 Å². The van der Waals surface area contributed by atoms with E-state index in [0.29, 0.717) is 0 Å². The highest BCUT2D eigenvalue weighted by Crippen LogP contribution is 2.52. The molecule has 0 fully saturated rings. The second-order valence-corrected chi connectivity index (χ2v) is 13.1. The van der Waals surface area contributed by atoms with Crippen LogP contribution in [0.4, 0.5) is 0 Å². The standard InChI is InChI=1S/C44H26OS/c1-2-13-28(14-3-1)44-43(37-25-39-36(26-40(37)46-44)31-16-10-11-21-38(31)45-39)42-34-19-8-6-17-32(34)41(33-18-7-9-20-35(33)42)30-23-22-27-12-4-5-15-29(27)24-30/h1-26H. The first-order valence-corrected chi connectivity index (χ1v) is 16.5. The van der Waals surface area contributed by atoms with E-state index in [2.05, 4.69) is 152 Å². The minimum Gasteiger partial charge on any atom is -0.456 e. The van der Waals surface area contributed by atoms with E-state index in [4.69, 9.17) is 4.42 Å². The van der Waals surface area contributed by atoms with Crippen molar-refractivity contribution in [3.63, 3.8) is 0 Å². The first kappa shape index (κ1) is 25.6. The van der Waals surface area contributed by atoms with Crippen molar-refractivity contribution >= 4 is 75.7 Å². The topological polar surface area (TPSA) is 13.1 Å². The Hall–Kier alpha value is -5.70. The lowest BCUT2D eigenvalue weighted by Crippen LogP contribution is -1.91. The Morgan fingerprint density at radius 2 is 0.957 bits per heavy atom. The van der Waals surface area contributed by atoms with Crippen LogP contribution in [0.15, 0.2) is 162 Å². The zero-order valence-corrected chi connectivity index (χ0v) is 25.6. The smallest absolute Gasteiger partial charge is 0.136 e. The van der Waals surface area contributed by atoms with E-state index < -0.39 is 0 Å². The van der Waals surface area contributed by atoms with Gasteiger partial charge in [0, 0.05) is 31.3 Å². The van der Waals surface area contributed by atoms with Gasteiger partial charge in [0.15, 0.2) is 0 Å². The molecule has 2 aromatic heterocycles. The molecule has 2 heterocycles. The van der Waals surface area contributed by atoms with Crippen molar-refractivity contribution in [2.24, 2.45) is 0 Å². The maximum Gasteiger partial charge on any atom is 0.136 e. The summed E-state index contributed by atoms with van der Waals surface area (Å²) in [5, 5.41) is 11.1. The Balaban J connectivity index is 1.37. The largest absolute Gasteiger partial charge is 0.456 e. The number of benzene rings is 8. The molecule has 10 aromatic rings. The van der Waals surface area contributed by atoms with Crippen LogP contribution in [-0.4, -0.2) is 0 Å². The Morgan fingerprint density at radius 1 is 0.348 bits per heavy atom. The van der Waals surface area contributed by atoms with Gasteiger partial charge in [0.25, 0.3) is 0 Å². The van der Waals surface area contributed by atoms with Gasteiger partial charge in [-0.25, -0.2) is 0 Å². The Labute approximate surface area is 269 Å². The second kappa shape index (κ2) is 9.90. The SMILES string of the molecule is c1ccc(-c2sc3cc4c(cc3c2-c2c3ccccc3c(-c3ccc5ccccc5c3)c3ccccc23)oc2ccccc24)cc1. The molecule has 2 heteroatoms. The van der Waals surface area contributed by atoms with E-state index in [9.17, 15) is 0 Å². The van der Waals surface area contributed by atoms with Gasteiger partial charge in [-0.3, -0.25) is 0 Å². The lowest BCUT2D eigenvalue weighted by molar-refractivity contribution is 0.669. The molecule has 0 amide bonds. The van der Waals surface area contributed by atoms with Gasteiger partial charge in [0.2, 0.25) is 0 Å². The van der Waals surface area contributed by atoms with Crippen LogP contribution in [0.25, 0.3) is 97.0 Å². The molecule has 0 spiro atoms. The molecule has 0 aliphatic rings. The summed E-state index contributed by atoms with van der Waals surface area (Å²) in [6, 6.07) is 57.2. The molecule has 0 saturated heterocycles. The summed E-state index contributed by atoms with van der Waals surface area (Å²) in [5.41, 5.74) is 8.14. The maximum atomic E-state index is 6.46. The number of fused-ring (bicyclic) bond motifs is 7. The van der Waals surface area contributed by atoms with Gasteiger partial charge in [-0.1, -0.05) is 133 Å². The van der Waals surface area contributed by atoms with Crippen LogP contribution in [0, 0.1) is 0 Å². The minimum atomic E-state index is 0.925. The third kappa shape index (κ3) is 3.74. The third-order valence-electron chi connectivity index (χ3n) is 9.44. The lowest BCUT2D eigenvalue weighted by atomic mass is 9.84. The molecule has 1 nitrogen and oxygen atoms in total. The van der Waals surface area contributed by atoms with Crippen LogP contribution in [0.2, 0.25) is 0 Å². The minimum absolute atomic E-state index is 0.925. The monoisotopic (exact) mass is 602 g/mol. The van der Waals surface area contributed by atoms with E-state index in [1.165, 1.54) is 75.1 Å². The molecule has 10 rings (SSSR count). The Kier molecular flexibility index (Phi) is 5.51. The fraction of sp³-hybridized carbons (Fsp3) is 0. The summed E-state index contributed by atoms with van der Waals surface area (Å²) in [6.45, 7) is 0. The number of para-hydroxylation sites is 1. The molecule has 0 aliphatic carbocycles. The normalized spacial score (nSPS) is 11.9. The van der Waals surface area contributed by atoms with Gasteiger partial charge < -0.3 is 4.42 Å². The molecule has 0 aliphatic heterocycles. The van der Waals surface area contributed by atoms with Gasteiger partial charge in [-0.15, -0.1) is 11.3 Å². The lowest BCUT2D eigenvalue weighted by Gasteiger charge is -2.19. The first-order chi connectivity index (χ1) is 22.8. The van der Waals surface area contributed by atoms with Crippen molar-refractivity contribution in [1.29, 1.82) is 0 Å². The predicted molar refractivity (Wildman–Crippen MR) is 198 cm³/mol. The summed E-state index contributed by atoms with van der Waals surface area (Å²) in [7, 11) is 0. The molecule has 8 aromatic carbocycles. The third-order valence-corrected chi connectivity index (χ3v) is 10.6. The summed E-state index contributed by atoms with van der Waals surface area (Å²) in [6.07, 6.45) is 0. The summed E-state index contributed by atoms with van der Waals surface area (Å²) in [4.78, 5) is 1.28. The fourth-order valence-electron chi connectivity index (χ4n) is 7.41. The molecule has 0 atom stereocenters. The average Bonchev–Trinajstić information content (AvgIpc) is 3.67. The van der Waals surface area contributed by atoms with Crippen LogP contribution in [0.3, 0.4) is 0 Å². The van der Waals surface area contributed by atoms with Crippen molar-refractivity contribution in [2.45, 2.75) is 0 Å². The van der Waals surface area contributed by atoms with Crippen molar-refractivity contribution in [2.75, 3.05) is 0 Å². The highest BCUT2D eigenvalue weighted by Gasteiger charge is 2.24. The van der Waals surface area contributed by atoms with Crippen molar-refractivity contribution in [1.82, 2.24) is 0 Å². The van der Waals surface area contributed by atoms with Crippen molar-refractivity contribution < 1.29 is 4.42 Å². The highest BCUT2D eigenvalue weighted by atomic mass is 32.1. The number of furan rings is 1. The molecule has 0 bridgehead atoms. The molecule has 46 heavy (non-hydrogen) atoms. The second-order valence-electron chi connectivity index (χ2n) is 12.0. The van der Waals surface area contributed by atoms with Gasteiger partial charge in [-0.05, 0) is 78.8 Å². The van der Waals surface area contributed by atoms with Gasteiger partial charge >= 0.3 is 0 Å².